The minimum atomic E-state index is -0.319. The van der Waals surface area contributed by atoms with E-state index in [0.29, 0.717) is 21.8 Å². The van der Waals surface area contributed by atoms with Crippen LogP contribution in [-0.4, -0.2) is 32.6 Å². The van der Waals surface area contributed by atoms with Crippen LogP contribution in [0.5, 0.6) is 0 Å². The lowest BCUT2D eigenvalue weighted by Crippen LogP contribution is -2.29. The van der Waals surface area contributed by atoms with Crippen LogP contribution in [0.25, 0.3) is 0 Å². The summed E-state index contributed by atoms with van der Waals surface area (Å²) in [6.45, 7) is 6.25. The van der Waals surface area contributed by atoms with Gasteiger partial charge in [0.05, 0.1) is 12.6 Å². The van der Waals surface area contributed by atoms with Crippen molar-refractivity contribution in [3.63, 3.8) is 0 Å². The molecule has 0 amide bonds. The summed E-state index contributed by atoms with van der Waals surface area (Å²) in [6.07, 6.45) is 3.50. The zero-order valence-corrected chi connectivity index (χ0v) is 19.0. The summed E-state index contributed by atoms with van der Waals surface area (Å²) in [4.78, 5) is 28.8. The number of pyridine rings is 2. The Balaban J connectivity index is 1.83. The van der Waals surface area contributed by atoms with Crippen LogP contribution in [-0.2, 0) is 9.53 Å². The fraction of sp³-hybridized carbons (Fsp3) is 0.333. The summed E-state index contributed by atoms with van der Waals surface area (Å²) in [5, 5.41) is 1.61. The summed E-state index contributed by atoms with van der Waals surface area (Å²) in [5.74, 6) is -0.226. The Morgan fingerprint density at radius 1 is 1.13 bits per heavy atom. The molecule has 4 rings (SSSR count). The standard InChI is InChI=1S/C21H20Cl2N4O2S/c1-4-29-20(28)19-17(11(2)3)27-18(13-6-8-15(23)25-10-13)16(26-21(27)30-19)12-5-7-14(22)24-9-12/h5-11,16,18H,4H2,1-3H3/t16-,18+/m0/s1. The second kappa shape index (κ2) is 8.57. The van der Waals surface area contributed by atoms with Crippen LogP contribution in [0.4, 0.5) is 0 Å². The second-order valence-corrected chi connectivity index (χ2v) is 8.94. The molecule has 9 heteroatoms. The molecule has 2 aliphatic rings. The van der Waals surface area contributed by atoms with Gasteiger partial charge in [0.15, 0.2) is 5.17 Å². The fourth-order valence-corrected chi connectivity index (χ4v) is 5.15. The molecule has 2 atom stereocenters. The molecule has 0 saturated heterocycles. The average molecular weight is 463 g/mol. The van der Waals surface area contributed by atoms with E-state index in [0.717, 1.165) is 22.0 Å². The van der Waals surface area contributed by atoms with Gasteiger partial charge >= 0.3 is 5.97 Å². The van der Waals surface area contributed by atoms with E-state index >= 15 is 0 Å². The van der Waals surface area contributed by atoms with E-state index in [2.05, 4.69) is 28.7 Å². The van der Waals surface area contributed by atoms with Crippen LogP contribution in [0.2, 0.25) is 10.3 Å². The maximum absolute atomic E-state index is 12.6. The molecule has 0 unspecified atom stereocenters. The molecule has 0 aliphatic carbocycles. The van der Waals surface area contributed by atoms with Crippen molar-refractivity contribution < 1.29 is 9.53 Å². The molecule has 0 bridgehead atoms. The van der Waals surface area contributed by atoms with Gasteiger partial charge in [-0.1, -0.05) is 49.2 Å². The number of carbonyl (C=O) groups excluding carboxylic acids is 1. The Morgan fingerprint density at radius 2 is 1.77 bits per heavy atom. The minimum absolute atomic E-state index is 0.0921. The van der Waals surface area contributed by atoms with Crippen molar-refractivity contribution in [3.8, 4) is 0 Å². The molecular weight excluding hydrogens is 443 g/mol. The summed E-state index contributed by atoms with van der Waals surface area (Å²) < 4.78 is 5.30. The summed E-state index contributed by atoms with van der Waals surface area (Å²) in [5.41, 5.74) is 2.78. The highest BCUT2D eigenvalue weighted by Crippen LogP contribution is 2.53. The molecule has 0 fully saturated rings. The van der Waals surface area contributed by atoms with Crippen molar-refractivity contribution >= 4 is 46.1 Å². The highest BCUT2D eigenvalue weighted by molar-refractivity contribution is 8.18. The molecule has 4 heterocycles. The molecule has 0 radical (unpaired) electrons. The Morgan fingerprint density at radius 3 is 2.30 bits per heavy atom. The minimum Gasteiger partial charge on any atom is -0.462 e. The second-order valence-electron chi connectivity index (χ2n) is 7.19. The maximum atomic E-state index is 12.6. The molecule has 0 aromatic carbocycles. The molecule has 6 nitrogen and oxygen atoms in total. The molecule has 156 valence electrons. The van der Waals surface area contributed by atoms with E-state index in [9.17, 15) is 4.79 Å². The number of halogens is 2. The zero-order valence-electron chi connectivity index (χ0n) is 16.7. The largest absolute Gasteiger partial charge is 0.462 e. The normalized spacial score (nSPS) is 20.6. The van der Waals surface area contributed by atoms with Gasteiger partial charge in [-0.25, -0.2) is 14.8 Å². The summed E-state index contributed by atoms with van der Waals surface area (Å²) >= 11 is 13.4. The first kappa shape index (κ1) is 21.2. The Labute approximate surface area is 189 Å². The first-order valence-corrected chi connectivity index (χ1v) is 11.2. The van der Waals surface area contributed by atoms with Gasteiger partial charge in [-0.3, -0.25) is 4.99 Å². The van der Waals surface area contributed by atoms with Crippen molar-refractivity contribution in [1.29, 1.82) is 0 Å². The molecule has 0 N–H and O–H groups in total. The number of nitrogens with zero attached hydrogens (tertiary/aromatic N) is 4. The van der Waals surface area contributed by atoms with Gasteiger partial charge in [0.25, 0.3) is 0 Å². The number of ether oxygens (including phenoxy) is 1. The van der Waals surface area contributed by atoms with Crippen LogP contribution in [0.3, 0.4) is 0 Å². The van der Waals surface area contributed by atoms with Gasteiger partial charge in [0.1, 0.15) is 21.3 Å². The molecule has 2 aliphatic heterocycles. The number of hydrogen-bond donors (Lipinski definition) is 0. The fourth-order valence-electron chi connectivity index (χ4n) is 3.69. The first-order valence-electron chi connectivity index (χ1n) is 9.59. The first-order chi connectivity index (χ1) is 14.4. The van der Waals surface area contributed by atoms with E-state index in [4.69, 9.17) is 32.9 Å². The van der Waals surface area contributed by atoms with Gasteiger partial charge in [0, 0.05) is 18.1 Å². The summed E-state index contributed by atoms with van der Waals surface area (Å²) in [7, 11) is 0. The van der Waals surface area contributed by atoms with E-state index in [1.54, 1.807) is 31.5 Å². The topological polar surface area (TPSA) is 67.7 Å². The number of aliphatic imine (C=N–C) groups is 1. The Hall–Kier alpha value is -2.09. The third kappa shape index (κ3) is 3.82. The number of hydrogen-bond acceptors (Lipinski definition) is 7. The monoisotopic (exact) mass is 462 g/mol. The van der Waals surface area contributed by atoms with Gasteiger partial charge in [-0.15, -0.1) is 0 Å². The van der Waals surface area contributed by atoms with Gasteiger partial charge in [-0.05, 0) is 47.9 Å². The van der Waals surface area contributed by atoms with Crippen LogP contribution >= 0.6 is 35.0 Å². The highest BCUT2D eigenvalue weighted by atomic mass is 35.5. The van der Waals surface area contributed by atoms with Gasteiger partial charge in [-0.2, -0.15) is 0 Å². The number of thioether (sulfide) groups is 1. The summed E-state index contributed by atoms with van der Waals surface area (Å²) in [6, 6.07) is 6.98. The zero-order chi connectivity index (χ0) is 21.4. The highest BCUT2D eigenvalue weighted by Gasteiger charge is 2.47. The lowest BCUT2D eigenvalue weighted by molar-refractivity contribution is -0.137. The van der Waals surface area contributed by atoms with Crippen LogP contribution < -0.4 is 0 Å². The quantitative estimate of drug-likeness (QED) is 0.436. The van der Waals surface area contributed by atoms with Crippen molar-refractivity contribution in [2.75, 3.05) is 6.61 Å². The Bertz CT molecular complexity index is 1020. The lowest BCUT2D eigenvalue weighted by Gasteiger charge is -2.31. The van der Waals surface area contributed by atoms with Crippen LogP contribution in [0, 0.1) is 5.92 Å². The molecular formula is C21H20Cl2N4O2S. The molecule has 30 heavy (non-hydrogen) atoms. The molecule has 2 aromatic heterocycles. The van der Waals surface area contributed by atoms with E-state index in [1.807, 2.05) is 12.1 Å². The molecule has 2 aromatic rings. The van der Waals surface area contributed by atoms with Crippen LogP contribution in [0.15, 0.2) is 52.3 Å². The van der Waals surface area contributed by atoms with Crippen molar-refractivity contribution in [1.82, 2.24) is 14.9 Å². The third-order valence-corrected chi connectivity index (χ3v) is 6.42. The SMILES string of the molecule is CCOC(=O)C1=C(C(C)C)N2C(=N[C@@H](c3ccc(Cl)nc3)[C@H]2c2ccc(Cl)nc2)S1. The van der Waals surface area contributed by atoms with Gasteiger partial charge in [0.2, 0.25) is 0 Å². The van der Waals surface area contributed by atoms with E-state index in [-0.39, 0.29) is 24.0 Å². The maximum Gasteiger partial charge on any atom is 0.346 e. The number of amidine groups is 1. The number of rotatable bonds is 5. The molecule has 0 spiro atoms. The lowest BCUT2D eigenvalue weighted by atomic mass is 9.94. The predicted octanol–water partition coefficient (Wildman–Crippen LogP) is 5.41. The predicted molar refractivity (Wildman–Crippen MR) is 119 cm³/mol. The third-order valence-electron chi connectivity index (χ3n) is 4.91. The van der Waals surface area contributed by atoms with Crippen LogP contribution in [0.1, 0.15) is 44.0 Å². The number of aromatic nitrogens is 2. The average Bonchev–Trinajstić information content (AvgIpc) is 3.26. The van der Waals surface area contributed by atoms with Crippen molar-refractivity contribution in [2.24, 2.45) is 10.9 Å². The van der Waals surface area contributed by atoms with Crippen molar-refractivity contribution in [2.45, 2.75) is 32.9 Å². The smallest absolute Gasteiger partial charge is 0.346 e. The molecule has 0 saturated carbocycles. The van der Waals surface area contributed by atoms with Gasteiger partial charge < -0.3 is 9.64 Å². The number of allylic oxidation sites excluding steroid dienone is 1. The number of fused-ring (bicyclic) bond motifs is 1. The Kier molecular flexibility index (Phi) is 6.04. The number of carbonyl (C=O) groups is 1. The number of esters is 1. The van der Waals surface area contributed by atoms with E-state index < -0.39 is 0 Å². The van der Waals surface area contributed by atoms with Crippen molar-refractivity contribution in [3.05, 3.63) is 68.7 Å². The van der Waals surface area contributed by atoms with E-state index in [1.165, 1.54) is 11.8 Å².